The third-order valence-electron chi connectivity index (χ3n) is 3.35. The summed E-state index contributed by atoms with van der Waals surface area (Å²) in [7, 11) is 0. The predicted molar refractivity (Wildman–Crippen MR) is 77.8 cm³/mol. The van der Waals surface area contributed by atoms with Gasteiger partial charge in [0.1, 0.15) is 18.2 Å². The molecule has 0 saturated carbocycles. The fourth-order valence-electron chi connectivity index (χ4n) is 2.28. The first-order valence-corrected chi connectivity index (χ1v) is 6.94. The molecular formula is C15H17FN4O. The van der Waals surface area contributed by atoms with Crippen LogP contribution in [0.5, 0.6) is 5.75 Å². The van der Waals surface area contributed by atoms with Gasteiger partial charge in [-0.1, -0.05) is 0 Å². The molecular weight excluding hydrogens is 271 g/mol. The van der Waals surface area contributed by atoms with Gasteiger partial charge >= 0.3 is 0 Å². The zero-order chi connectivity index (χ0) is 14.5. The number of nitrogens with one attached hydrogen (secondary N) is 1. The lowest BCUT2D eigenvalue weighted by atomic mass is 10.3. The quantitative estimate of drug-likeness (QED) is 0.926. The van der Waals surface area contributed by atoms with Crippen molar-refractivity contribution in [2.24, 2.45) is 0 Å². The molecule has 6 heteroatoms. The van der Waals surface area contributed by atoms with Crippen LogP contribution in [0.3, 0.4) is 0 Å². The fraction of sp³-hybridized carbons (Fsp3) is 0.333. The van der Waals surface area contributed by atoms with Gasteiger partial charge in [0.15, 0.2) is 0 Å². The third kappa shape index (κ3) is 3.66. The number of anilines is 1. The molecule has 0 amide bonds. The minimum absolute atomic E-state index is 0.275. The maximum Gasteiger partial charge on any atom is 0.141 e. The van der Waals surface area contributed by atoms with Crippen LogP contribution in [-0.4, -0.2) is 36.1 Å². The second-order valence-electron chi connectivity index (χ2n) is 4.92. The van der Waals surface area contributed by atoms with Crippen molar-refractivity contribution in [1.29, 1.82) is 0 Å². The monoisotopic (exact) mass is 288 g/mol. The molecule has 0 aromatic carbocycles. The summed E-state index contributed by atoms with van der Waals surface area (Å²) in [5.41, 5.74) is 1.74. The van der Waals surface area contributed by atoms with Crippen molar-refractivity contribution in [3.8, 4) is 5.75 Å². The second kappa shape index (κ2) is 6.49. The number of pyridine rings is 2. The smallest absolute Gasteiger partial charge is 0.141 e. The van der Waals surface area contributed by atoms with E-state index in [4.69, 9.17) is 4.74 Å². The van der Waals surface area contributed by atoms with E-state index in [1.807, 2.05) is 12.3 Å². The number of aromatic nitrogens is 2. The van der Waals surface area contributed by atoms with Gasteiger partial charge in [-0.3, -0.25) is 9.97 Å². The molecule has 0 atom stereocenters. The number of piperazine rings is 1. The Hall–Kier alpha value is -2.21. The lowest BCUT2D eigenvalue weighted by Gasteiger charge is -2.29. The second-order valence-corrected chi connectivity index (χ2v) is 4.92. The van der Waals surface area contributed by atoms with Crippen molar-refractivity contribution in [3.63, 3.8) is 0 Å². The van der Waals surface area contributed by atoms with E-state index in [0.717, 1.165) is 31.9 Å². The molecule has 3 heterocycles. The average molecular weight is 288 g/mol. The summed E-state index contributed by atoms with van der Waals surface area (Å²) in [6, 6.07) is 3.38. The molecule has 1 N–H and O–H groups in total. The summed E-state index contributed by atoms with van der Waals surface area (Å²) >= 11 is 0. The molecule has 3 rings (SSSR count). The van der Waals surface area contributed by atoms with E-state index in [1.165, 1.54) is 12.3 Å². The van der Waals surface area contributed by atoms with Gasteiger partial charge in [-0.15, -0.1) is 0 Å². The van der Waals surface area contributed by atoms with Gasteiger partial charge in [0, 0.05) is 44.0 Å². The average Bonchev–Trinajstić information content (AvgIpc) is 2.54. The largest absolute Gasteiger partial charge is 0.487 e. The van der Waals surface area contributed by atoms with E-state index < -0.39 is 0 Å². The van der Waals surface area contributed by atoms with Crippen LogP contribution in [0.25, 0.3) is 0 Å². The topological polar surface area (TPSA) is 50.3 Å². The van der Waals surface area contributed by atoms with Crippen LogP contribution >= 0.6 is 0 Å². The van der Waals surface area contributed by atoms with Crippen molar-refractivity contribution < 1.29 is 9.13 Å². The summed E-state index contributed by atoms with van der Waals surface area (Å²) in [5, 5.41) is 3.32. The molecule has 1 aliphatic heterocycles. The Kier molecular flexibility index (Phi) is 4.25. The zero-order valence-electron chi connectivity index (χ0n) is 11.6. The van der Waals surface area contributed by atoms with Crippen LogP contribution in [0.4, 0.5) is 10.1 Å². The molecule has 5 nitrogen and oxygen atoms in total. The van der Waals surface area contributed by atoms with Crippen LogP contribution in [0, 0.1) is 5.82 Å². The van der Waals surface area contributed by atoms with Crippen LogP contribution in [0.1, 0.15) is 5.56 Å². The summed E-state index contributed by atoms with van der Waals surface area (Å²) in [6.45, 7) is 4.13. The van der Waals surface area contributed by atoms with Crippen LogP contribution < -0.4 is 15.0 Å². The number of hydrogen-bond acceptors (Lipinski definition) is 5. The zero-order valence-corrected chi connectivity index (χ0v) is 11.6. The molecule has 1 aliphatic rings. The molecule has 2 aromatic heterocycles. The van der Waals surface area contributed by atoms with E-state index in [-0.39, 0.29) is 12.4 Å². The SMILES string of the molecule is Fc1cncc(COc2cncc(N3CCNCC3)c2)c1. The van der Waals surface area contributed by atoms with Gasteiger partial charge in [-0.2, -0.15) is 0 Å². The van der Waals surface area contributed by atoms with E-state index in [0.29, 0.717) is 11.3 Å². The highest BCUT2D eigenvalue weighted by Crippen LogP contribution is 2.20. The van der Waals surface area contributed by atoms with Crippen molar-refractivity contribution in [2.75, 3.05) is 31.1 Å². The first-order valence-electron chi connectivity index (χ1n) is 6.94. The Bertz CT molecular complexity index is 602. The van der Waals surface area contributed by atoms with Crippen LogP contribution in [-0.2, 0) is 6.61 Å². The fourth-order valence-corrected chi connectivity index (χ4v) is 2.28. The van der Waals surface area contributed by atoms with Gasteiger partial charge in [0.25, 0.3) is 0 Å². The molecule has 0 radical (unpaired) electrons. The van der Waals surface area contributed by atoms with Gasteiger partial charge in [0.2, 0.25) is 0 Å². The number of nitrogens with zero attached hydrogens (tertiary/aromatic N) is 3. The Morgan fingerprint density at radius 2 is 1.90 bits per heavy atom. The number of hydrogen-bond donors (Lipinski definition) is 1. The third-order valence-corrected chi connectivity index (χ3v) is 3.35. The van der Waals surface area contributed by atoms with E-state index in [9.17, 15) is 4.39 Å². The Balaban J connectivity index is 1.65. The van der Waals surface area contributed by atoms with E-state index >= 15 is 0 Å². The molecule has 2 aromatic rings. The highest BCUT2D eigenvalue weighted by atomic mass is 19.1. The van der Waals surface area contributed by atoms with Gasteiger partial charge in [0.05, 0.1) is 24.3 Å². The molecule has 0 bridgehead atoms. The van der Waals surface area contributed by atoms with Gasteiger partial charge < -0.3 is 15.0 Å². The number of halogens is 1. The van der Waals surface area contributed by atoms with Crippen molar-refractivity contribution >= 4 is 5.69 Å². The van der Waals surface area contributed by atoms with Gasteiger partial charge in [-0.05, 0) is 6.07 Å². The van der Waals surface area contributed by atoms with Gasteiger partial charge in [-0.25, -0.2) is 4.39 Å². The summed E-state index contributed by atoms with van der Waals surface area (Å²) in [4.78, 5) is 10.3. The minimum atomic E-state index is -0.358. The highest BCUT2D eigenvalue weighted by Gasteiger charge is 2.11. The summed E-state index contributed by atoms with van der Waals surface area (Å²) in [6.07, 6.45) is 6.27. The minimum Gasteiger partial charge on any atom is -0.487 e. The van der Waals surface area contributed by atoms with Crippen molar-refractivity contribution in [3.05, 3.63) is 48.3 Å². The number of ether oxygens (including phenoxy) is 1. The van der Waals surface area contributed by atoms with E-state index in [1.54, 1.807) is 12.4 Å². The van der Waals surface area contributed by atoms with Crippen molar-refractivity contribution in [2.45, 2.75) is 6.61 Å². The standard InChI is InChI=1S/C15H17FN4O/c16-13-5-12(7-18-8-13)11-21-15-6-14(9-19-10-15)20-3-1-17-2-4-20/h5-10,17H,1-4,11H2. The predicted octanol–water partition coefficient (Wildman–Crippen LogP) is 1.60. The first-order chi connectivity index (χ1) is 10.3. The van der Waals surface area contributed by atoms with Crippen molar-refractivity contribution in [1.82, 2.24) is 15.3 Å². The molecule has 1 fully saturated rings. The molecule has 1 saturated heterocycles. The number of rotatable bonds is 4. The Morgan fingerprint density at radius 1 is 1.10 bits per heavy atom. The first kappa shape index (κ1) is 13.8. The maximum absolute atomic E-state index is 13.1. The van der Waals surface area contributed by atoms with E-state index in [2.05, 4.69) is 20.2 Å². The highest BCUT2D eigenvalue weighted by molar-refractivity contribution is 5.48. The molecule has 21 heavy (non-hydrogen) atoms. The Labute approximate surface area is 122 Å². The van der Waals surface area contributed by atoms with Crippen LogP contribution in [0.15, 0.2) is 36.9 Å². The summed E-state index contributed by atoms with van der Waals surface area (Å²) < 4.78 is 18.7. The van der Waals surface area contributed by atoms with Crippen LogP contribution in [0.2, 0.25) is 0 Å². The lowest BCUT2D eigenvalue weighted by molar-refractivity contribution is 0.304. The molecule has 0 spiro atoms. The summed E-state index contributed by atoms with van der Waals surface area (Å²) in [5.74, 6) is 0.319. The maximum atomic E-state index is 13.1. The molecule has 110 valence electrons. The Morgan fingerprint density at radius 3 is 2.71 bits per heavy atom. The molecule has 0 unspecified atom stereocenters. The normalized spacial score (nSPS) is 15.0. The molecule has 0 aliphatic carbocycles. The lowest BCUT2D eigenvalue weighted by Crippen LogP contribution is -2.43.